The highest BCUT2D eigenvalue weighted by molar-refractivity contribution is 7.02. The van der Waals surface area contributed by atoms with Gasteiger partial charge < -0.3 is 24.0 Å². The van der Waals surface area contributed by atoms with Crippen LogP contribution in [0.3, 0.4) is 0 Å². The predicted molar refractivity (Wildman–Crippen MR) is 489 cm³/mol. The number of ether oxygens (including phenoxy) is 1. The van der Waals surface area contributed by atoms with Crippen molar-refractivity contribution >= 4 is 119 Å². The minimum atomic E-state index is -0.687. The maximum atomic E-state index is 10.1. The van der Waals surface area contributed by atoms with Gasteiger partial charge in [0.2, 0.25) is 0 Å². The van der Waals surface area contributed by atoms with Crippen molar-refractivity contribution in [3.05, 3.63) is 385 Å². The highest BCUT2D eigenvalue weighted by Gasteiger charge is 2.54. The molecule has 0 fully saturated rings. The summed E-state index contributed by atoms with van der Waals surface area (Å²) in [6, 6.07) is 106. The third-order valence-electron chi connectivity index (χ3n) is 25.7. The van der Waals surface area contributed by atoms with Gasteiger partial charge in [-0.15, -0.1) is 0 Å². The summed E-state index contributed by atoms with van der Waals surface area (Å²) in [5.74, 6) is 1.38. The molecule has 4 aliphatic heterocycles. The second-order valence-corrected chi connectivity index (χ2v) is 35.2. The van der Waals surface area contributed by atoms with Crippen molar-refractivity contribution in [2.24, 2.45) is 0 Å². The summed E-state index contributed by atoms with van der Waals surface area (Å²) in [7, 11) is 0. The Morgan fingerprint density at radius 1 is 0.302 bits per heavy atom. The largest absolute Gasteiger partial charge is 0.458 e. The van der Waals surface area contributed by atoms with Gasteiger partial charge in [-0.25, -0.2) is 0 Å². The number of hydrogen-bond acceptors (Lipinski definition) is 4. The Bertz CT molecular complexity index is 7370. The van der Waals surface area contributed by atoms with E-state index in [4.69, 9.17) is 4.74 Å². The van der Waals surface area contributed by atoms with Gasteiger partial charge in [-0.1, -0.05) is 317 Å². The highest BCUT2D eigenvalue weighted by Crippen LogP contribution is 2.65. The summed E-state index contributed by atoms with van der Waals surface area (Å²) in [6.07, 6.45) is 0. The number of benzene rings is 16. The van der Waals surface area contributed by atoms with Crippen molar-refractivity contribution in [3.63, 3.8) is 0 Å². The van der Waals surface area contributed by atoms with Gasteiger partial charge in [-0.3, -0.25) is 0 Å². The summed E-state index contributed by atoms with van der Waals surface area (Å²) in [5, 5.41) is -0.0154. The van der Waals surface area contributed by atoms with Gasteiger partial charge in [-0.2, -0.15) is 0 Å². The summed E-state index contributed by atoms with van der Waals surface area (Å²) >= 11 is 0. The van der Waals surface area contributed by atoms with Crippen LogP contribution in [0.2, 0.25) is 0 Å². The molecule has 5 heterocycles. The SMILES string of the molecule is [2H]c1c([2H])c([2H])c2c(c1[2H])c1c([2H])c([2H])c([2H])c([2H])c1n2-c1cc2c3c(c1)N(c1c(-c4ccccc4)cc(C(C)(C)C)cc1-c1ccccc1)c1cc4c(cc1B3c1ccccc1N2c1cccc(C(C)(C)C)c1)B1c2ccccc2N(c2cccc(C(C)(C)C)c2)c2cc(-c3cccc5c3C3(c6ccccc6-c6ccccc63)c3ccccc3-5)cc(c21)O4. The van der Waals surface area contributed by atoms with Crippen LogP contribution in [-0.2, 0) is 21.7 Å². The lowest BCUT2D eigenvalue weighted by Gasteiger charge is -2.46. The van der Waals surface area contributed by atoms with Crippen molar-refractivity contribution in [2.45, 2.75) is 84.0 Å². The van der Waals surface area contributed by atoms with Gasteiger partial charge in [0.15, 0.2) is 0 Å². The number of para-hydroxylation sites is 4. The molecular weight excluding hydrogens is 1400 g/mol. The normalized spacial score (nSPS) is 15.1. The fourth-order valence-electron chi connectivity index (χ4n) is 20.5. The van der Waals surface area contributed by atoms with Gasteiger partial charge in [0.25, 0.3) is 13.4 Å². The standard InChI is InChI=1S/C109H84B2N4O/c1-106(2,3)70-37-30-39-73(59-70)112-95-56-29-25-52-89(95)111-91-65-90-96(66-100(91)116-101-58-69(57-97(112)104(101)111)76-46-32-47-82-79-43-18-23-50-87(79)109(102(76)82)85-48-21-16-41-77(85)78-42-17-22-49-86(78)109)115(105-83(67-33-12-10-13-34-67)61-72(108(7,8)9)62-84(105)68-35-14-11-15-36-68)99-64-75(114-92-53-26-19-44-80(92)81-45-20-27-54-93(81)114)63-98-103(99)110(90)88-51-24-28-55-94(88)113(98)74-40-31-38-71(60-74)107(4,5)6/h10-66H,1-9H3/i19D,20D,26D,27D,44D,45D,53D,54D. The molecule has 0 atom stereocenters. The lowest BCUT2D eigenvalue weighted by atomic mass is 9.30. The average molecular weight is 1500 g/mol. The summed E-state index contributed by atoms with van der Waals surface area (Å²) in [5.41, 5.74) is 32.3. The minimum absolute atomic E-state index is 0.00771. The number of anilines is 9. The average Bonchev–Trinajstić information content (AvgIpc) is 1.64. The molecule has 16 aromatic carbocycles. The molecule has 116 heavy (non-hydrogen) atoms. The first-order valence-corrected chi connectivity index (χ1v) is 40.5. The van der Waals surface area contributed by atoms with E-state index in [-0.39, 0.29) is 50.1 Å². The molecule has 0 unspecified atom stereocenters. The summed E-state index contributed by atoms with van der Waals surface area (Å²) < 4.78 is 87.5. The maximum absolute atomic E-state index is 10.1. The van der Waals surface area contributed by atoms with Crippen molar-refractivity contribution in [1.82, 2.24) is 4.57 Å². The van der Waals surface area contributed by atoms with E-state index >= 15 is 0 Å². The van der Waals surface area contributed by atoms with Crippen LogP contribution in [0.1, 0.15) is 112 Å². The molecule has 5 nitrogen and oxygen atoms in total. The van der Waals surface area contributed by atoms with Gasteiger partial charge >= 0.3 is 0 Å². The molecule has 7 heteroatoms. The zero-order valence-electron chi connectivity index (χ0n) is 74.1. The van der Waals surface area contributed by atoms with E-state index in [1.54, 1.807) is 4.57 Å². The fraction of sp³-hybridized carbons (Fsp3) is 0.119. The van der Waals surface area contributed by atoms with Gasteiger partial charge in [0, 0.05) is 73.5 Å². The zero-order valence-corrected chi connectivity index (χ0v) is 66.1. The lowest BCUT2D eigenvalue weighted by Crippen LogP contribution is -2.64. The van der Waals surface area contributed by atoms with Crippen LogP contribution in [0.15, 0.2) is 346 Å². The molecule has 0 amide bonds. The first-order valence-electron chi connectivity index (χ1n) is 44.5. The Morgan fingerprint density at radius 3 is 1.29 bits per heavy atom. The van der Waals surface area contributed by atoms with Crippen molar-refractivity contribution in [1.29, 1.82) is 0 Å². The van der Waals surface area contributed by atoms with Crippen molar-refractivity contribution in [3.8, 4) is 72.8 Å². The Hall–Kier alpha value is -13.4. The van der Waals surface area contributed by atoms with E-state index in [1.165, 1.54) is 50.1 Å². The second kappa shape index (κ2) is 24.8. The van der Waals surface area contributed by atoms with Crippen LogP contribution in [-0.4, -0.2) is 18.0 Å². The van der Waals surface area contributed by atoms with Crippen LogP contribution in [0, 0.1) is 0 Å². The van der Waals surface area contributed by atoms with Crippen LogP contribution in [0.4, 0.5) is 51.2 Å². The van der Waals surface area contributed by atoms with E-state index in [2.05, 4.69) is 374 Å². The number of aromatic nitrogens is 1. The van der Waals surface area contributed by atoms with Crippen LogP contribution < -0.4 is 52.2 Å². The van der Waals surface area contributed by atoms with Gasteiger partial charge in [0.05, 0.1) is 38.8 Å². The first kappa shape index (κ1) is 60.3. The number of fused-ring (bicyclic) bond motifs is 21. The van der Waals surface area contributed by atoms with Gasteiger partial charge in [-0.05, 0) is 217 Å². The maximum Gasteiger partial charge on any atom is 0.256 e. The van der Waals surface area contributed by atoms with Crippen LogP contribution in [0.5, 0.6) is 11.5 Å². The monoisotopic (exact) mass is 1490 g/mol. The molecule has 0 radical (unpaired) electrons. The predicted octanol–water partition coefficient (Wildman–Crippen LogP) is 24.5. The molecule has 0 saturated carbocycles. The van der Waals surface area contributed by atoms with Gasteiger partial charge in [0.1, 0.15) is 11.5 Å². The molecule has 0 N–H and O–H groups in total. The zero-order chi connectivity index (χ0) is 85.0. The minimum Gasteiger partial charge on any atom is -0.458 e. The molecule has 1 aromatic heterocycles. The molecule has 2 aliphatic carbocycles. The number of hydrogen-bond donors (Lipinski definition) is 0. The smallest absolute Gasteiger partial charge is 0.256 e. The molecule has 6 aliphatic rings. The van der Waals surface area contributed by atoms with E-state index < -0.39 is 55.1 Å². The van der Waals surface area contributed by atoms with Crippen molar-refractivity contribution in [2.75, 3.05) is 14.7 Å². The van der Waals surface area contributed by atoms with Crippen molar-refractivity contribution < 1.29 is 15.7 Å². The highest BCUT2D eigenvalue weighted by atomic mass is 16.5. The Labute approximate surface area is 691 Å². The van der Waals surface area contributed by atoms with E-state index in [0.29, 0.717) is 11.4 Å². The van der Waals surface area contributed by atoms with E-state index in [1.807, 2.05) is 0 Å². The van der Waals surface area contributed by atoms with Crippen LogP contribution >= 0.6 is 0 Å². The Kier molecular flexibility index (Phi) is 12.9. The molecule has 0 bridgehead atoms. The molecular formula is C109H84B2N4O. The fourth-order valence-corrected chi connectivity index (χ4v) is 20.5. The van der Waals surface area contributed by atoms with Crippen LogP contribution in [0.25, 0.3) is 83.1 Å². The molecule has 552 valence electrons. The number of nitrogens with zero attached hydrogens (tertiary/aromatic N) is 4. The number of rotatable bonds is 7. The molecule has 1 spiro atoms. The summed E-state index contributed by atoms with van der Waals surface area (Å²) in [4.78, 5) is 7.29. The lowest BCUT2D eigenvalue weighted by molar-refractivity contribution is 0.488. The molecule has 23 rings (SSSR count). The van der Waals surface area contributed by atoms with E-state index in [0.717, 1.165) is 134 Å². The van der Waals surface area contributed by atoms with E-state index in [9.17, 15) is 11.0 Å². The Morgan fingerprint density at radius 2 is 0.750 bits per heavy atom. The third-order valence-corrected chi connectivity index (χ3v) is 25.7. The summed E-state index contributed by atoms with van der Waals surface area (Å²) in [6.45, 7) is 19.4. The molecule has 17 aromatic rings. The quantitative estimate of drug-likeness (QED) is 0.148. The topological polar surface area (TPSA) is 23.9 Å². The Balaban J connectivity index is 0.871. The third kappa shape index (κ3) is 9.78. The first-order chi connectivity index (χ1) is 59.8. The second-order valence-electron chi connectivity index (χ2n) is 35.2. The molecule has 0 saturated heterocycles.